The summed E-state index contributed by atoms with van der Waals surface area (Å²) in [6.07, 6.45) is -16.5. The van der Waals surface area contributed by atoms with Crippen LogP contribution in [0.4, 0.5) is 149 Å². The average Bonchev–Trinajstić information content (AvgIpc) is 2.98. The molecule has 0 aliphatic heterocycles. The monoisotopic (exact) mass is 914 g/mol. The Bertz CT molecular complexity index is 1470. The summed E-state index contributed by atoms with van der Waals surface area (Å²) in [5, 5.41) is 0. The van der Waals surface area contributed by atoms with E-state index in [0.29, 0.717) is 0 Å². The molecule has 0 spiro atoms. The summed E-state index contributed by atoms with van der Waals surface area (Å²) < 4.78 is 461. The molecule has 34 heteroatoms. The Labute approximate surface area is 281 Å². The Morgan fingerprint density at radius 3 is 0.500 bits per heavy atom. The molecule has 0 N–H and O–H groups in total. The van der Waals surface area contributed by atoms with Gasteiger partial charge in [0.2, 0.25) is 0 Å². The summed E-state index contributed by atoms with van der Waals surface area (Å²) in [6.45, 7) is 0. The van der Waals surface area contributed by atoms with E-state index in [0.717, 1.165) is 0 Å². The maximum Gasteiger partial charge on any atom is 0.460 e. The molecule has 0 bridgehead atoms. The van der Waals surface area contributed by atoms with Crippen LogP contribution in [0, 0.1) is 0 Å². The highest BCUT2D eigenvalue weighted by atomic mass is 19.4. The predicted molar refractivity (Wildman–Crippen MR) is 106 cm³/mol. The summed E-state index contributed by atoms with van der Waals surface area (Å²) in [6, 6.07) is -4.81. The van der Waals surface area contributed by atoms with Crippen molar-refractivity contribution in [3.63, 3.8) is 0 Å². The van der Waals surface area contributed by atoms with E-state index in [4.69, 9.17) is 0 Å². The molecule has 0 aliphatic rings. The van der Waals surface area contributed by atoms with Gasteiger partial charge in [-0.1, -0.05) is 24.3 Å². The van der Waals surface area contributed by atoms with Crippen LogP contribution >= 0.6 is 0 Å². The second kappa shape index (κ2) is 12.7. The van der Waals surface area contributed by atoms with Crippen molar-refractivity contribution >= 4 is 0 Å². The fourth-order valence-corrected chi connectivity index (χ4v) is 3.70. The molecule has 0 fully saturated rings. The van der Waals surface area contributed by atoms with Gasteiger partial charge in [0.05, 0.1) is 0 Å². The molecule has 56 heavy (non-hydrogen) atoms. The second-order valence-electron chi connectivity index (χ2n) is 10.6. The highest BCUT2D eigenvalue weighted by molar-refractivity contribution is 5.39. The smallest absolute Gasteiger partial charge is 0.194 e. The van der Waals surface area contributed by atoms with E-state index >= 15 is 0 Å². The summed E-state index contributed by atoms with van der Waals surface area (Å²) in [4.78, 5) is 0. The lowest BCUT2D eigenvalue weighted by molar-refractivity contribution is -0.464. The third-order valence-electron chi connectivity index (χ3n) is 7.05. The predicted octanol–water partition coefficient (Wildman–Crippen LogP) is 12.6. The van der Waals surface area contributed by atoms with Gasteiger partial charge in [-0.05, 0) is 0 Å². The maximum absolute atomic E-state index is 14.7. The van der Waals surface area contributed by atoms with E-state index in [2.05, 4.69) is 0 Å². The van der Waals surface area contributed by atoms with Gasteiger partial charge in [0.15, 0.2) is 0 Å². The lowest BCUT2D eigenvalue weighted by Crippen LogP contribution is -2.74. The Morgan fingerprint density at radius 2 is 0.339 bits per heavy atom. The Hall–Kier alpha value is -3.16. The molecule has 1 aromatic carbocycles. The normalized spacial score (nSPS) is 16.8. The zero-order valence-electron chi connectivity index (χ0n) is 24.2. The molecular weight excluding hydrogens is 910 g/mol. The SMILES string of the molecule is FC(F)(F)C(F)(F)C(F)(F)C(F)(F)C(F)(F)C(F)(F)C(F)(F)C(F)(F)c1ccccc1C(F)(F)C(F)(F)C(F)(F)C(F)(F)C(F)(F)C(F)(F)C(F)(F)C(F)(F)F. The van der Waals surface area contributed by atoms with Crippen molar-refractivity contribution in [2.75, 3.05) is 0 Å². The van der Waals surface area contributed by atoms with Crippen LogP contribution in [0.3, 0.4) is 0 Å². The summed E-state index contributed by atoms with van der Waals surface area (Å²) in [7, 11) is 0. The minimum atomic E-state index is -9.50. The van der Waals surface area contributed by atoms with Gasteiger partial charge in [0, 0.05) is 11.1 Å². The van der Waals surface area contributed by atoms with Crippen LogP contribution in [0.2, 0.25) is 0 Å². The minimum absolute atomic E-state index is 0.749. The van der Waals surface area contributed by atoms with Crippen molar-refractivity contribution in [1.29, 1.82) is 0 Å². The molecule has 330 valence electrons. The van der Waals surface area contributed by atoms with Crippen molar-refractivity contribution in [2.45, 2.75) is 95.3 Å². The van der Waals surface area contributed by atoms with Gasteiger partial charge in [-0.15, -0.1) is 0 Å². The molecular formula is C22H4F34. The molecule has 1 rings (SSSR count). The first-order chi connectivity index (χ1) is 23.7. The van der Waals surface area contributed by atoms with Crippen molar-refractivity contribution in [2.24, 2.45) is 0 Å². The molecule has 0 radical (unpaired) electrons. The first kappa shape index (κ1) is 50.9. The van der Waals surface area contributed by atoms with E-state index in [1.54, 1.807) is 0 Å². The van der Waals surface area contributed by atoms with Gasteiger partial charge in [-0.25, -0.2) is 0 Å². The van der Waals surface area contributed by atoms with E-state index in [1.807, 2.05) is 0 Å². The van der Waals surface area contributed by atoms with E-state index in [9.17, 15) is 149 Å². The lowest BCUT2D eigenvalue weighted by Gasteiger charge is -2.44. The topological polar surface area (TPSA) is 0 Å². The van der Waals surface area contributed by atoms with Gasteiger partial charge in [0.25, 0.3) is 0 Å². The van der Waals surface area contributed by atoms with Crippen molar-refractivity contribution in [3.05, 3.63) is 35.4 Å². The largest absolute Gasteiger partial charge is 0.460 e. The highest BCUT2D eigenvalue weighted by Crippen LogP contribution is 2.68. The quantitative estimate of drug-likeness (QED) is 0.163. The molecule has 0 aromatic heterocycles. The van der Waals surface area contributed by atoms with Gasteiger partial charge in [0.1, 0.15) is 0 Å². The number of benzene rings is 1. The van der Waals surface area contributed by atoms with Crippen LogP contribution in [0.5, 0.6) is 0 Å². The number of halogens is 34. The Kier molecular flexibility index (Phi) is 11.5. The molecule has 0 aliphatic carbocycles. The van der Waals surface area contributed by atoms with Crippen molar-refractivity contribution in [3.8, 4) is 0 Å². The van der Waals surface area contributed by atoms with Crippen LogP contribution in [-0.2, 0) is 11.8 Å². The van der Waals surface area contributed by atoms with Gasteiger partial charge in [-0.2, -0.15) is 149 Å². The van der Waals surface area contributed by atoms with Crippen LogP contribution in [0.1, 0.15) is 11.1 Å². The maximum atomic E-state index is 14.7. The average molecular weight is 914 g/mol. The molecule has 0 heterocycles. The molecule has 0 amide bonds. The first-order valence-corrected chi connectivity index (χ1v) is 12.3. The van der Waals surface area contributed by atoms with Crippen molar-refractivity contribution < 1.29 is 149 Å². The number of hydrogen-bond acceptors (Lipinski definition) is 0. The second-order valence-corrected chi connectivity index (χ2v) is 10.6. The summed E-state index contributed by atoms with van der Waals surface area (Å²) in [5.41, 5.74) is -9.14. The molecule has 0 nitrogen and oxygen atoms in total. The zero-order chi connectivity index (χ0) is 46.0. The zero-order valence-corrected chi connectivity index (χ0v) is 24.2. The Morgan fingerprint density at radius 1 is 0.196 bits per heavy atom. The Balaban J connectivity index is 4.17. The minimum Gasteiger partial charge on any atom is -0.194 e. The van der Waals surface area contributed by atoms with E-state index in [1.165, 1.54) is 0 Å². The molecule has 0 atom stereocenters. The number of alkyl halides is 34. The molecule has 0 unspecified atom stereocenters. The van der Waals surface area contributed by atoms with Gasteiger partial charge >= 0.3 is 95.3 Å². The third kappa shape index (κ3) is 5.94. The fourth-order valence-electron chi connectivity index (χ4n) is 3.70. The number of rotatable bonds is 14. The van der Waals surface area contributed by atoms with E-state index < -0.39 is 131 Å². The summed E-state index contributed by atoms with van der Waals surface area (Å²) >= 11 is 0. The van der Waals surface area contributed by atoms with Crippen LogP contribution in [-0.4, -0.2) is 83.4 Å². The van der Waals surface area contributed by atoms with Crippen LogP contribution in [0.25, 0.3) is 0 Å². The molecule has 0 saturated heterocycles. The standard InChI is InChI=1S/C22H4F34/c23-7(24,9(27,28)11(31,32)13(35,36)15(39,40)17(43,44)19(47,48)21(51,52)53)5-3-1-2-4-6(5)8(25,26)10(29,30)12(33,34)14(37,38)16(41,42)18(45,46)20(49,50)22(54,55)56/h1-4H. The van der Waals surface area contributed by atoms with Crippen LogP contribution < -0.4 is 0 Å². The fraction of sp³-hybridized carbons (Fsp3) is 0.727. The third-order valence-corrected chi connectivity index (χ3v) is 7.05. The van der Waals surface area contributed by atoms with Gasteiger partial charge in [-0.3, -0.25) is 0 Å². The lowest BCUT2D eigenvalue weighted by atomic mass is 9.82. The molecule has 0 saturated carbocycles. The number of hydrogen-bond donors (Lipinski definition) is 0. The molecule has 1 aromatic rings. The first-order valence-electron chi connectivity index (χ1n) is 12.3. The van der Waals surface area contributed by atoms with Gasteiger partial charge < -0.3 is 0 Å². The van der Waals surface area contributed by atoms with Crippen molar-refractivity contribution in [1.82, 2.24) is 0 Å². The highest BCUT2D eigenvalue weighted by Gasteiger charge is 2.97. The van der Waals surface area contributed by atoms with E-state index in [-0.39, 0.29) is 0 Å². The summed E-state index contributed by atoms with van der Waals surface area (Å²) in [5.74, 6) is -128. The van der Waals surface area contributed by atoms with Crippen LogP contribution in [0.15, 0.2) is 24.3 Å².